The second-order valence-electron chi connectivity index (χ2n) is 2.55. The predicted molar refractivity (Wildman–Crippen MR) is 40.3 cm³/mol. The van der Waals surface area contributed by atoms with Crippen LogP contribution in [0, 0.1) is 0 Å². The molecule has 0 aliphatic rings. The zero-order valence-electron chi connectivity index (χ0n) is 5.99. The third-order valence-electron chi connectivity index (χ3n) is 0.370. The molecule has 0 bridgehead atoms. The molecule has 0 heterocycles. The summed E-state index contributed by atoms with van der Waals surface area (Å²) < 4.78 is 27.0. The van der Waals surface area contributed by atoms with E-state index in [0.717, 1.165) is 0 Å². The average molecular weight is 186 g/mol. The second kappa shape index (κ2) is 4.30. The van der Waals surface area contributed by atoms with E-state index < -0.39 is 11.4 Å². The smallest absolute Gasteiger partial charge is 0.285 e. The van der Waals surface area contributed by atoms with Crippen molar-refractivity contribution >= 4 is 23.7 Å². The summed E-state index contributed by atoms with van der Waals surface area (Å²) in [5, 5.41) is 0. The summed E-state index contributed by atoms with van der Waals surface area (Å²) in [5.41, 5.74) is -0.371. The van der Waals surface area contributed by atoms with Crippen LogP contribution in [0.5, 0.6) is 0 Å². The van der Waals surface area contributed by atoms with E-state index in [-0.39, 0.29) is 5.60 Å². The van der Waals surface area contributed by atoms with Crippen molar-refractivity contribution in [2.24, 2.45) is 0 Å². The molecule has 0 fully saturated rings. The maximum absolute atomic E-state index is 9.87. The van der Waals surface area contributed by atoms with E-state index in [1.807, 2.05) is 20.8 Å². The van der Waals surface area contributed by atoms with Crippen LogP contribution in [-0.2, 0) is 19.2 Å². The Bertz CT molecular complexity index is 119. The monoisotopic (exact) mass is 186 g/mol. The highest BCUT2D eigenvalue weighted by atomic mass is 32.3. The fourth-order valence-electron chi connectivity index (χ4n) is 0.140. The molecule has 0 aliphatic carbocycles. The lowest BCUT2D eigenvalue weighted by atomic mass is 10.2. The highest BCUT2D eigenvalue weighted by Gasteiger charge is 2.11. The summed E-state index contributed by atoms with van der Waals surface area (Å²) in [7, 11) is 0. The van der Waals surface area contributed by atoms with Crippen LogP contribution in [0.2, 0.25) is 0 Å². The summed E-state index contributed by atoms with van der Waals surface area (Å²) in [6.07, 6.45) is 0. The summed E-state index contributed by atoms with van der Waals surface area (Å²) in [4.78, 5) is 0. The Balaban J connectivity index is 3.29. The van der Waals surface area contributed by atoms with Crippen molar-refractivity contribution in [3.05, 3.63) is 0 Å². The summed E-state index contributed by atoms with van der Waals surface area (Å²) >= 11 is -1.74. The maximum Gasteiger partial charge on any atom is 0.315 e. The molecule has 1 atom stereocenters. The first-order valence-electron chi connectivity index (χ1n) is 2.55. The summed E-state index contributed by atoms with van der Waals surface area (Å²) in [6, 6.07) is 0. The Labute approximate surface area is 67.2 Å². The van der Waals surface area contributed by atoms with E-state index in [1.165, 1.54) is 0 Å². The van der Waals surface area contributed by atoms with Gasteiger partial charge >= 0.3 is 11.4 Å². The van der Waals surface area contributed by atoms with Gasteiger partial charge in [-0.3, -0.25) is 8.74 Å². The van der Waals surface area contributed by atoms with Crippen LogP contribution < -0.4 is 0 Å². The Kier molecular flexibility index (Phi) is 4.46. The van der Waals surface area contributed by atoms with Crippen LogP contribution in [-0.4, -0.2) is 14.4 Å². The van der Waals surface area contributed by atoms with Gasteiger partial charge in [0.05, 0.1) is 5.60 Å². The molecule has 1 N–H and O–H groups in total. The highest BCUT2D eigenvalue weighted by molar-refractivity contribution is 7.97. The second-order valence-corrected chi connectivity index (χ2v) is 3.83. The van der Waals surface area contributed by atoms with Crippen molar-refractivity contribution in [3.63, 3.8) is 0 Å². The van der Waals surface area contributed by atoms with Gasteiger partial charge in [-0.05, 0) is 20.8 Å². The topological polar surface area (TPSA) is 55.8 Å². The summed E-state index contributed by atoms with van der Waals surface area (Å²) in [5.74, 6) is 0. The normalized spacial score (nSPS) is 15.2. The van der Waals surface area contributed by atoms with E-state index in [4.69, 9.17) is 8.74 Å². The molecule has 0 amide bonds. The number of hydrogen-bond acceptors (Lipinski definition) is 4. The molecular weight excluding hydrogens is 176 g/mol. The molecule has 0 aromatic heterocycles. The van der Waals surface area contributed by atoms with Gasteiger partial charge in [-0.1, -0.05) is 0 Å². The molecule has 10 heavy (non-hydrogen) atoms. The van der Waals surface area contributed by atoms with Gasteiger partial charge < -0.3 is 0 Å². The first-order chi connectivity index (χ1) is 4.42. The van der Waals surface area contributed by atoms with Gasteiger partial charge in [0.2, 0.25) is 0 Å². The Morgan fingerprint density at radius 1 is 1.50 bits per heavy atom. The van der Waals surface area contributed by atoms with Gasteiger partial charge in [0, 0.05) is 0 Å². The molecule has 0 spiro atoms. The molecule has 0 saturated heterocycles. The standard InChI is InChI=1S/C4H10O4S2/c1-4(2,3)7-9-8-10(5)6/h1-3H3,(H,5,6). The van der Waals surface area contributed by atoms with Crippen molar-refractivity contribution in [1.29, 1.82) is 0 Å². The van der Waals surface area contributed by atoms with Crippen LogP contribution in [0.25, 0.3) is 0 Å². The fourth-order valence-corrected chi connectivity index (χ4v) is 0.645. The van der Waals surface area contributed by atoms with Gasteiger partial charge in [0.25, 0.3) is 0 Å². The molecule has 0 radical (unpaired) electrons. The van der Waals surface area contributed by atoms with E-state index in [1.54, 1.807) is 0 Å². The Hall–Kier alpha value is 0.380. The minimum absolute atomic E-state index is 0.371. The third-order valence-corrected chi connectivity index (χ3v) is 1.63. The molecule has 0 aromatic rings. The zero-order valence-corrected chi connectivity index (χ0v) is 7.62. The van der Waals surface area contributed by atoms with Crippen LogP contribution in [0.3, 0.4) is 0 Å². The average Bonchev–Trinajstić information content (AvgIpc) is 1.59. The van der Waals surface area contributed by atoms with Crippen molar-refractivity contribution in [1.82, 2.24) is 0 Å². The highest BCUT2D eigenvalue weighted by Crippen LogP contribution is 2.17. The number of hydrogen-bond donors (Lipinski definition) is 1. The molecule has 1 unspecified atom stereocenters. The molecule has 62 valence electrons. The van der Waals surface area contributed by atoms with Gasteiger partial charge in [-0.15, -0.1) is 0 Å². The minimum Gasteiger partial charge on any atom is -0.285 e. The molecule has 0 aromatic carbocycles. The maximum atomic E-state index is 9.87. The predicted octanol–water partition coefficient (Wildman–Crippen LogP) is 1.52. The summed E-state index contributed by atoms with van der Waals surface area (Å²) in [6.45, 7) is 5.43. The van der Waals surface area contributed by atoms with Crippen molar-refractivity contribution in [2.75, 3.05) is 0 Å². The fraction of sp³-hybridized carbons (Fsp3) is 1.00. The molecule has 0 saturated carbocycles. The first kappa shape index (κ1) is 10.4. The zero-order chi connectivity index (χ0) is 8.20. The van der Waals surface area contributed by atoms with Gasteiger partial charge in [0.15, 0.2) is 12.3 Å². The van der Waals surface area contributed by atoms with Crippen molar-refractivity contribution in [2.45, 2.75) is 26.4 Å². The molecule has 4 nitrogen and oxygen atoms in total. The first-order valence-corrected chi connectivity index (χ1v) is 4.25. The lowest BCUT2D eigenvalue weighted by Crippen LogP contribution is -2.14. The van der Waals surface area contributed by atoms with E-state index in [9.17, 15) is 4.21 Å². The van der Waals surface area contributed by atoms with Gasteiger partial charge in [-0.25, -0.2) is 0 Å². The molecule has 0 aliphatic heterocycles. The van der Waals surface area contributed by atoms with Crippen LogP contribution in [0.1, 0.15) is 20.8 Å². The Morgan fingerprint density at radius 2 is 2.00 bits per heavy atom. The van der Waals surface area contributed by atoms with Crippen LogP contribution in [0.4, 0.5) is 0 Å². The minimum atomic E-state index is -2.26. The van der Waals surface area contributed by atoms with E-state index >= 15 is 0 Å². The quantitative estimate of drug-likeness (QED) is 0.535. The van der Waals surface area contributed by atoms with Gasteiger partial charge in [0.1, 0.15) is 0 Å². The van der Waals surface area contributed by atoms with E-state index in [2.05, 4.69) is 3.63 Å². The third kappa shape index (κ3) is 8.38. The molecule has 0 rings (SSSR count). The lowest BCUT2D eigenvalue weighted by molar-refractivity contribution is 0.154. The van der Waals surface area contributed by atoms with Gasteiger partial charge in [-0.2, -0.15) is 7.84 Å². The largest absolute Gasteiger partial charge is 0.315 e. The van der Waals surface area contributed by atoms with E-state index in [0.29, 0.717) is 12.3 Å². The molecule has 6 heteroatoms. The lowest BCUT2D eigenvalue weighted by Gasteiger charge is -2.15. The number of rotatable bonds is 3. The molecular formula is C4H10O4S2. The Morgan fingerprint density at radius 3 is 2.30 bits per heavy atom. The van der Waals surface area contributed by atoms with Crippen LogP contribution in [0.15, 0.2) is 0 Å². The van der Waals surface area contributed by atoms with Crippen LogP contribution >= 0.6 is 12.3 Å². The SMILES string of the molecule is CC(C)(C)OSOS(=O)O. The van der Waals surface area contributed by atoms with Crippen molar-refractivity contribution in [3.8, 4) is 0 Å². The van der Waals surface area contributed by atoms with Crippen molar-refractivity contribution < 1.29 is 16.6 Å².